The second kappa shape index (κ2) is 27.9. The topological polar surface area (TPSA) is 203 Å². The number of unbranched alkanes of at least 4 members (excludes halogenated alkanes) is 14. The summed E-state index contributed by atoms with van der Waals surface area (Å²) >= 11 is 0. The van der Waals surface area contributed by atoms with E-state index >= 15 is 0 Å². The van der Waals surface area contributed by atoms with Gasteiger partial charge in [0.1, 0.15) is 13.2 Å². The van der Waals surface area contributed by atoms with Crippen molar-refractivity contribution >= 4 is 35.5 Å². The maximum Gasteiger partial charge on any atom is 0.317 e. The Hall–Kier alpha value is -3.91. The molecule has 0 aliphatic carbocycles. The molecule has 14 nitrogen and oxygen atoms in total. The Bertz CT molecular complexity index is 1120. The van der Waals surface area contributed by atoms with Gasteiger partial charge in [-0.3, -0.25) is 33.8 Å². The van der Waals surface area contributed by atoms with E-state index in [2.05, 4.69) is 12.2 Å². The largest absolute Gasteiger partial charge is 0.488 e. The van der Waals surface area contributed by atoms with Crippen LogP contribution in [-0.2, 0) is 24.0 Å². The molecule has 0 atom stereocenters. The third-order valence-corrected chi connectivity index (χ3v) is 8.00. The zero-order chi connectivity index (χ0) is 37.0. The SMILES string of the molecule is CCCCCCCCCCCCCCCCCC(=O)Nc1ccc(OCCN(CC(=O)O)CC(=O)O)c(OCCN(CC(=O)O)CC(=O)O)c1. The maximum atomic E-state index is 12.7. The van der Waals surface area contributed by atoms with Gasteiger partial charge in [0, 0.05) is 31.3 Å². The Morgan fingerprint density at radius 1 is 0.560 bits per heavy atom. The molecule has 0 saturated heterocycles. The minimum absolute atomic E-state index is 0.0131. The van der Waals surface area contributed by atoms with Gasteiger partial charge in [-0.2, -0.15) is 0 Å². The molecule has 0 bridgehead atoms. The maximum absolute atomic E-state index is 12.7. The molecule has 50 heavy (non-hydrogen) atoms. The van der Waals surface area contributed by atoms with Crippen molar-refractivity contribution in [2.45, 2.75) is 110 Å². The predicted molar refractivity (Wildman–Crippen MR) is 189 cm³/mol. The van der Waals surface area contributed by atoms with Gasteiger partial charge in [0.15, 0.2) is 11.5 Å². The van der Waals surface area contributed by atoms with E-state index in [4.69, 9.17) is 29.9 Å². The number of hydrogen-bond acceptors (Lipinski definition) is 9. The minimum atomic E-state index is -1.19. The van der Waals surface area contributed by atoms with Crippen molar-refractivity contribution in [3.63, 3.8) is 0 Å². The fourth-order valence-electron chi connectivity index (χ4n) is 5.46. The first-order valence-electron chi connectivity index (χ1n) is 18.0. The number of amides is 1. The zero-order valence-electron chi connectivity index (χ0n) is 29.7. The van der Waals surface area contributed by atoms with E-state index in [0.29, 0.717) is 12.1 Å². The fourth-order valence-corrected chi connectivity index (χ4v) is 5.46. The minimum Gasteiger partial charge on any atom is -0.488 e. The van der Waals surface area contributed by atoms with Gasteiger partial charge in [0.2, 0.25) is 5.91 Å². The number of rotatable bonds is 33. The lowest BCUT2D eigenvalue weighted by atomic mass is 10.0. The Morgan fingerprint density at radius 2 is 0.940 bits per heavy atom. The van der Waals surface area contributed by atoms with Gasteiger partial charge in [0.25, 0.3) is 0 Å². The lowest BCUT2D eigenvalue weighted by Gasteiger charge is -2.21. The number of benzene rings is 1. The lowest BCUT2D eigenvalue weighted by molar-refractivity contribution is -0.143. The molecule has 0 unspecified atom stereocenters. The number of carbonyl (C=O) groups is 5. The van der Waals surface area contributed by atoms with Crippen LogP contribution in [0.15, 0.2) is 18.2 Å². The van der Waals surface area contributed by atoms with Crippen LogP contribution in [0.25, 0.3) is 0 Å². The van der Waals surface area contributed by atoms with E-state index in [1.165, 1.54) is 92.9 Å². The first kappa shape index (κ1) is 44.1. The van der Waals surface area contributed by atoms with Gasteiger partial charge in [0.05, 0.1) is 26.2 Å². The molecule has 1 amide bonds. The molecular formula is C36H59N3O11. The van der Waals surface area contributed by atoms with Crippen molar-refractivity contribution in [3.8, 4) is 11.5 Å². The molecule has 1 rings (SSSR count). The summed E-state index contributed by atoms with van der Waals surface area (Å²) in [5.41, 5.74) is 0.435. The molecule has 1 aromatic carbocycles. The summed E-state index contributed by atoms with van der Waals surface area (Å²) in [6.45, 7) is 0.0309. The highest BCUT2D eigenvalue weighted by atomic mass is 16.5. The highest BCUT2D eigenvalue weighted by Crippen LogP contribution is 2.31. The molecule has 5 N–H and O–H groups in total. The van der Waals surface area contributed by atoms with Crippen LogP contribution in [0.4, 0.5) is 5.69 Å². The van der Waals surface area contributed by atoms with Crippen LogP contribution >= 0.6 is 0 Å². The smallest absolute Gasteiger partial charge is 0.317 e. The summed E-state index contributed by atoms with van der Waals surface area (Å²) in [4.78, 5) is 59.5. The quantitative estimate of drug-likeness (QED) is 0.0566. The molecule has 0 spiro atoms. The zero-order valence-corrected chi connectivity index (χ0v) is 29.7. The third-order valence-electron chi connectivity index (χ3n) is 8.00. The number of anilines is 1. The molecular weight excluding hydrogens is 650 g/mol. The first-order valence-corrected chi connectivity index (χ1v) is 18.0. The van der Waals surface area contributed by atoms with E-state index < -0.39 is 50.1 Å². The van der Waals surface area contributed by atoms with E-state index in [1.54, 1.807) is 12.1 Å². The van der Waals surface area contributed by atoms with Gasteiger partial charge in [-0.1, -0.05) is 96.8 Å². The third kappa shape index (κ3) is 24.3. The number of ether oxygens (including phenoxy) is 2. The van der Waals surface area contributed by atoms with Gasteiger partial charge in [-0.15, -0.1) is 0 Å². The van der Waals surface area contributed by atoms with Crippen LogP contribution in [-0.4, -0.2) is 112 Å². The van der Waals surface area contributed by atoms with Crippen molar-refractivity contribution in [1.82, 2.24) is 9.80 Å². The number of hydrogen-bond donors (Lipinski definition) is 5. The normalized spacial score (nSPS) is 11.1. The summed E-state index contributed by atoms with van der Waals surface area (Å²) in [5, 5.41) is 39.2. The number of nitrogens with zero attached hydrogens (tertiary/aromatic N) is 2. The Kier molecular flexibility index (Phi) is 24.6. The van der Waals surface area contributed by atoms with Crippen molar-refractivity contribution in [3.05, 3.63) is 18.2 Å². The summed E-state index contributed by atoms with van der Waals surface area (Å²) in [6.07, 6.45) is 18.9. The Morgan fingerprint density at radius 3 is 1.34 bits per heavy atom. The van der Waals surface area contributed by atoms with Crippen molar-refractivity contribution in [1.29, 1.82) is 0 Å². The van der Waals surface area contributed by atoms with Crippen molar-refractivity contribution in [2.24, 2.45) is 0 Å². The second-order valence-electron chi connectivity index (χ2n) is 12.6. The molecule has 0 aromatic heterocycles. The van der Waals surface area contributed by atoms with Crippen molar-refractivity contribution in [2.75, 3.05) is 57.8 Å². The van der Waals surface area contributed by atoms with E-state index in [1.807, 2.05) is 0 Å². The van der Waals surface area contributed by atoms with Gasteiger partial charge < -0.3 is 35.2 Å². The molecule has 1 aromatic rings. The number of carbonyl (C=O) groups excluding carboxylic acids is 1. The highest BCUT2D eigenvalue weighted by Gasteiger charge is 2.17. The monoisotopic (exact) mass is 709 g/mol. The molecule has 0 saturated carbocycles. The van der Waals surface area contributed by atoms with Gasteiger partial charge in [-0.05, 0) is 18.6 Å². The Balaban J connectivity index is 2.59. The molecule has 14 heteroatoms. The van der Waals surface area contributed by atoms with Gasteiger partial charge >= 0.3 is 23.9 Å². The number of nitrogens with one attached hydrogen (secondary N) is 1. The van der Waals surface area contributed by atoms with Crippen LogP contribution in [0.5, 0.6) is 11.5 Å². The standard InChI is InChI=1S/C36H59N3O11/c1-2-3-4-5-6-7-8-9-10-11-12-13-14-15-16-17-32(40)37-29-18-19-30(49-22-20-38(25-33(41)42)26-34(43)44)31(24-29)50-23-21-39(27-35(45)46)28-36(47)48/h18-19,24H,2-17,20-23,25-28H2,1H3,(H,37,40)(H,41,42)(H,43,44)(H,45,46)(H,47,48). The van der Waals surface area contributed by atoms with E-state index in [9.17, 15) is 24.0 Å². The molecule has 0 aliphatic heterocycles. The van der Waals surface area contributed by atoms with Crippen LogP contribution in [0, 0.1) is 0 Å². The molecule has 0 heterocycles. The van der Waals surface area contributed by atoms with Crippen LogP contribution in [0.3, 0.4) is 0 Å². The molecule has 0 fully saturated rings. The molecule has 0 radical (unpaired) electrons. The Labute approximate surface area is 296 Å². The highest BCUT2D eigenvalue weighted by molar-refractivity contribution is 5.91. The average molecular weight is 710 g/mol. The number of aliphatic carboxylic acids is 4. The van der Waals surface area contributed by atoms with Crippen LogP contribution < -0.4 is 14.8 Å². The molecule has 284 valence electrons. The van der Waals surface area contributed by atoms with Crippen LogP contribution in [0.1, 0.15) is 110 Å². The van der Waals surface area contributed by atoms with Gasteiger partial charge in [-0.25, -0.2) is 0 Å². The molecule has 0 aliphatic rings. The first-order chi connectivity index (χ1) is 24.0. The number of carboxylic acid groups (broad SMARTS) is 4. The number of carboxylic acids is 4. The van der Waals surface area contributed by atoms with Crippen molar-refractivity contribution < 1.29 is 53.9 Å². The van der Waals surface area contributed by atoms with E-state index in [-0.39, 0.29) is 43.7 Å². The van der Waals surface area contributed by atoms with E-state index in [0.717, 1.165) is 19.3 Å². The summed E-state index contributed by atoms with van der Waals surface area (Å²) in [7, 11) is 0. The van der Waals surface area contributed by atoms with Crippen LogP contribution in [0.2, 0.25) is 0 Å². The average Bonchev–Trinajstić information content (AvgIpc) is 3.02. The summed E-state index contributed by atoms with van der Waals surface area (Å²) in [5.74, 6) is -4.52. The summed E-state index contributed by atoms with van der Waals surface area (Å²) in [6, 6.07) is 4.69. The second-order valence-corrected chi connectivity index (χ2v) is 12.6. The fraction of sp³-hybridized carbons (Fsp3) is 0.694. The summed E-state index contributed by atoms with van der Waals surface area (Å²) < 4.78 is 11.6. The lowest BCUT2D eigenvalue weighted by Crippen LogP contribution is -2.37. The predicted octanol–water partition coefficient (Wildman–Crippen LogP) is 5.59.